The largest absolute Gasteiger partial charge is 0.390 e. The molecule has 0 bridgehead atoms. The quantitative estimate of drug-likeness (QED) is 0.275. The number of hydrogen-bond acceptors (Lipinski definition) is 5. The molecule has 27 heavy (non-hydrogen) atoms. The van der Waals surface area contributed by atoms with Gasteiger partial charge < -0.3 is 26.1 Å². The van der Waals surface area contributed by atoms with E-state index in [0.29, 0.717) is 6.54 Å². The Morgan fingerprint density at radius 1 is 1.33 bits per heavy atom. The SMILES string of the molecule is COC(CCN=CN)CNCCCNc1nc2ccc(C(C)(C)C)cc2[nH]1. The summed E-state index contributed by atoms with van der Waals surface area (Å²) in [4.78, 5) is 12.0. The first-order valence-corrected chi connectivity index (χ1v) is 9.61. The molecule has 5 N–H and O–H groups in total. The summed E-state index contributed by atoms with van der Waals surface area (Å²) in [7, 11) is 1.73. The number of anilines is 1. The van der Waals surface area contributed by atoms with Gasteiger partial charge in [0.15, 0.2) is 0 Å². The summed E-state index contributed by atoms with van der Waals surface area (Å²) in [5, 5.41) is 6.79. The number of ether oxygens (including phenoxy) is 1. The third-order valence-electron chi connectivity index (χ3n) is 4.56. The molecule has 0 aliphatic heterocycles. The maximum Gasteiger partial charge on any atom is 0.201 e. The van der Waals surface area contributed by atoms with Gasteiger partial charge in [0.25, 0.3) is 0 Å². The first kappa shape index (κ1) is 21.2. The summed E-state index contributed by atoms with van der Waals surface area (Å²) in [5.41, 5.74) is 8.75. The average Bonchev–Trinajstić information content (AvgIpc) is 3.04. The van der Waals surface area contributed by atoms with E-state index in [-0.39, 0.29) is 11.5 Å². The predicted octanol–water partition coefficient (Wildman–Crippen LogP) is 2.64. The topological polar surface area (TPSA) is 100 Å². The number of imidazole rings is 1. The molecule has 1 unspecified atom stereocenters. The highest BCUT2D eigenvalue weighted by Crippen LogP contribution is 2.25. The van der Waals surface area contributed by atoms with Gasteiger partial charge in [-0.2, -0.15) is 0 Å². The molecule has 0 radical (unpaired) electrons. The Kier molecular flexibility index (Phi) is 8.06. The third kappa shape index (κ3) is 6.84. The van der Waals surface area contributed by atoms with Gasteiger partial charge in [-0.05, 0) is 42.5 Å². The Morgan fingerprint density at radius 2 is 2.15 bits per heavy atom. The van der Waals surface area contributed by atoms with Crippen molar-refractivity contribution in [2.75, 3.05) is 38.6 Å². The predicted molar refractivity (Wildman–Crippen MR) is 114 cm³/mol. The van der Waals surface area contributed by atoms with Gasteiger partial charge in [-0.1, -0.05) is 26.8 Å². The van der Waals surface area contributed by atoms with E-state index in [1.54, 1.807) is 7.11 Å². The lowest BCUT2D eigenvalue weighted by Gasteiger charge is -2.18. The van der Waals surface area contributed by atoms with E-state index in [1.807, 2.05) is 0 Å². The number of aromatic amines is 1. The van der Waals surface area contributed by atoms with Gasteiger partial charge in [0, 0.05) is 26.7 Å². The van der Waals surface area contributed by atoms with Gasteiger partial charge in [-0.3, -0.25) is 4.99 Å². The van der Waals surface area contributed by atoms with Gasteiger partial charge in [-0.15, -0.1) is 0 Å². The number of nitrogens with two attached hydrogens (primary N) is 1. The molecule has 150 valence electrons. The van der Waals surface area contributed by atoms with Crippen molar-refractivity contribution in [3.05, 3.63) is 23.8 Å². The molecule has 1 aromatic carbocycles. The second-order valence-electron chi connectivity index (χ2n) is 7.75. The zero-order chi connectivity index (χ0) is 19.7. The van der Waals surface area contributed by atoms with Crippen molar-refractivity contribution in [3.8, 4) is 0 Å². The molecule has 0 saturated heterocycles. The van der Waals surface area contributed by atoms with E-state index < -0.39 is 0 Å². The Morgan fingerprint density at radius 3 is 2.85 bits per heavy atom. The molecule has 0 fully saturated rings. The molecule has 7 nitrogen and oxygen atoms in total. The molecule has 0 spiro atoms. The molecular weight excluding hydrogens is 340 g/mol. The molecule has 0 aliphatic carbocycles. The van der Waals surface area contributed by atoms with Gasteiger partial charge in [0.05, 0.1) is 23.5 Å². The minimum atomic E-state index is 0.134. The standard InChI is InChI=1S/C20H34N6O/c1-20(2,3)15-6-7-17-18(12-15)26-19(25-17)24-10-5-9-22-13-16(27-4)8-11-23-14-21/h6-7,12,14,16,22H,5,8-11,13H2,1-4H3,(H2,21,23)(H2,24,25,26). The molecule has 1 atom stereocenters. The Bertz CT molecular complexity index is 719. The molecule has 1 heterocycles. The molecule has 2 aromatic rings. The number of rotatable bonds is 11. The number of aromatic nitrogens is 2. The van der Waals surface area contributed by atoms with Gasteiger partial charge >= 0.3 is 0 Å². The van der Waals surface area contributed by atoms with Crippen LogP contribution in [-0.4, -0.2) is 55.7 Å². The molecule has 0 saturated carbocycles. The number of H-pyrrole nitrogens is 1. The van der Waals surface area contributed by atoms with Crippen LogP contribution >= 0.6 is 0 Å². The van der Waals surface area contributed by atoms with E-state index >= 15 is 0 Å². The smallest absolute Gasteiger partial charge is 0.201 e. The van der Waals surface area contributed by atoms with Crippen LogP contribution in [0.2, 0.25) is 0 Å². The van der Waals surface area contributed by atoms with Crippen LogP contribution in [0.3, 0.4) is 0 Å². The second-order valence-corrected chi connectivity index (χ2v) is 7.75. The first-order chi connectivity index (χ1) is 12.9. The lowest BCUT2D eigenvalue weighted by Crippen LogP contribution is -2.30. The van der Waals surface area contributed by atoms with Crippen molar-refractivity contribution in [2.45, 2.75) is 45.1 Å². The number of methoxy groups -OCH3 is 1. The van der Waals surface area contributed by atoms with Crippen molar-refractivity contribution >= 4 is 23.3 Å². The Hall–Kier alpha value is -2.12. The zero-order valence-corrected chi connectivity index (χ0v) is 17.0. The summed E-state index contributed by atoms with van der Waals surface area (Å²) < 4.78 is 5.43. The van der Waals surface area contributed by atoms with Gasteiger partial charge in [0.1, 0.15) is 0 Å². The van der Waals surface area contributed by atoms with Crippen molar-refractivity contribution in [1.29, 1.82) is 0 Å². The van der Waals surface area contributed by atoms with E-state index in [1.165, 1.54) is 11.9 Å². The van der Waals surface area contributed by atoms with Crippen LogP contribution < -0.4 is 16.4 Å². The highest BCUT2D eigenvalue weighted by molar-refractivity contribution is 5.78. The minimum Gasteiger partial charge on any atom is -0.390 e. The molecule has 7 heteroatoms. The summed E-state index contributed by atoms with van der Waals surface area (Å²) >= 11 is 0. The Labute approximate surface area is 162 Å². The Balaban J connectivity index is 1.71. The number of aliphatic imine (C=N–C) groups is 1. The first-order valence-electron chi connectivity index (χ1n) is 9.61. The number of fused-ring (bicyclic) bond motifs is 1. The van der Waals surface area contributed by atoms with Crippen molar-refractivity contribution in [3.63, 3.8) is 0 Å². The highest BCUT2D eigenvalue weighted by Gasteiger charge is 2.14. The van der Waals surface area contributed by atoms with Crippen LogP contribution in [-0.2, 0) is 10.2 Å². The number of nitrogens with zero attached hydrogens (tertiary/aromatic N) is 2. The van der Waals surface area contributed by atoms with E-state index in [9.17, 15) is 0 Å². The fraction of sp³-hybridized carbons (Fsp3) is 0.600. The van der Waals surface area contributed by atoms with Crippen LogP contribution in [0.15, 0.2) is 23.2 Å². The molecule has 0 aliphatic rings. The van der Waals surface area contributed by atoms with Gasteiger partial charge in [-0.25, -0.2) is 4.98 Å². The van der Waals surface area contributed by atoms with Crippen molar-refractivity contribution in [2.24, 2.45) is 10.7 Å². The van der Waals surface area contributed by atoms with E-state index in [2.05, 4.69) is 64.6 Å². The monoisotopic (exact) mass is 374 g/mol. The summed E-state index contributed by atoms with van der Waals surface area (Å²) in [6.45, 7) is 9.94. The highest BCUT2D eigenvalue weighted by atomic mass is 16.5. The van der Waals surface area contributed by atoms with E-state index in [0.717, 1.165) is 49.5 Å². The number of nitrogens with one attached hydrogen (secondary N) is 3. The number of hydrogen-bond donors (Lipinski definition) is 4. The normalized spacial score (nSPS) is 13.5. The fourth-order valence-corrected chi connectivity index (χ4v) is 2.84. The van der Waals surface area contributed by atoms with Crippen LogP contribution in [0, 0.1) is 0 Å². The molecular formula is C20H34N6O. The third-order valence-corrected chi connectivity index (χ3v) is 4.56. The molecule has 2 rings (SSSR count). The van der Waals surface area contributed by atoms with Crippen LogP contribution in [0.5, 0.6) is 0 Å². The van der Waals surface area contributed by atoms with Crippen molar-refractivity contribution in [1.82, 2.24) is 15.3 Å². The maximum atomic E-state index is 5.43. The molecule has 1 aromatic heterocycles. The summed E-state index contributed by atoms with van der Waals surface area (Å²) in [6, 6.07) is 6.43. The average molecular weight is 375 g/mol. The second kappa shape index (κ2) is 10.3. The van der Waals surface area contributed by atoms with Crippen molar-refractivity contribution < 1.29 is 4.74 Å². The summed E-state index contributed by atoms with van der Waals surface area (Å²) in [5.74, 6) is 0.825. The van der Waals surface area contributed by atoms with Crippen LogP contribution in [0.25, 0.3) is 11.0 Å². The van der Waals surface area contributed by atoms with Gasteiger partial charge in [0.2, 0.25) is 5.95 Å². The number of benzene rings is 1. The summed E-state index contributed by atoms with van der Waals surface area (Å²) in [6.07, 6.45) is 3.37. The van der Waals surface area contributed by atoms with Crippen LogP contribution in [0.4, 0.5) is 5.95 Å². The fourth-order valence-electron chi connectivity index (χ4n) is 2.84. The molecule has 0 amide bonds. The minimum absolute atomic E-state index is 0.134. The van der Waals surface area contributed by atoms with E-state index in [4.69, 9.17) is 10.5 Å². The zero-order valence-electron chi connectivity index (χ0n) is 17.0. The van der Waals surface area contributed by atoms with Crippen LogP contribution in [0.1, 0.15) is 39.2 Å². The lowest BCUT2D eigenvalue weighted by atomic mass is 9.87. The lowest BCUT2D eigenvalue weighted by molar-refractivity contribution is 0.0967. The maximum absolute atomic E-state index is 5.43.